The standard InChI is InChI=1S/C16H25N5OS.HI/c1-6-14-21-11(10-23-14)7-19-15(17-5)20-9-13-18-8-12(22-13)16(2,3)4;/h8,10H,6-7,9H2,1-5H3,(H2,17,19,20);1H. The molecule has 0 radical (unpaired) electrons. The molecule has 0 spiro atoms. The highest BCUT2D eigenvalue weighted by Crippen LogP contribution is 2.22. The lowest BCUT2D eigenvalue weighted by Gasteiger charge is -2.13. The quantitative estimate of drug-likeness (QED) is 0.404. The topological polar surface area (TPSA) is 75.3 Å². The summed E-state index contributed by atoms with van der Waals surface area (Å²) in [6.07, 6.45) is 2.76. The first-order valence-electron chi connectivity index (χ1n) is 7.75. The van der Waals surface area contributed by atoms with Crippen molar-refractivity contribution in [3.63, 3.8) is 0 Å². The Morgan fingerprint density at radius 1 is 1.29 bits per heavy atom. The minimum Gasteiger partial charge on any atom is -0.443 e. The number of hydrogen-bond donors (Lipinski definition) is 2. The summed E-state index contributed by atoms with van der Waals surface area (Å²) in [6, 6.07) is 0. The van der Waals surface area contributed by atoms with E-state index in [-0.39, 0.29) is 29.4 Å². The molecule has 0 aliphatic heterocycles. The maximum absolute atomic E-state index is 5.76. The van der Waals surface area contributed by atoms with E-state index in [0.717, 1.165) is 22.9 Å². The molecule has 0 amide bonds. The van der Waals surface area contributed by atoms with E-state index < -0.39 is 0 Å². The highest BCUT2D eigenvalue weighted by atomic mass is 127. The van der Waals surface area contributed by atoms with E-state index in [9.17, 15) is 0 Å². The number of hydrogen-bond acceptors (Lipinski definition) is 5. The fraction of sp³-hybridized carbons (Fsp3) is 0.562. The molecule has 24 heavy (non-hydrogen) atoms. The van der Waals surface area contributed by atoms with Gasteiger partial charge in [-0.05, 0) is 6.42 Å². The van der Waals surface area contributed by atoms with Gasteiger partial charge in [-0.3, -0.25) is 4.99 Å². The van der Waals surface area contributed by atoms with Crippen LogP contribution in [0.2, 0.25) is 0 Å². The molecule has 2 N–H and O–H groups in total. The highest BCUT2D eigenvalue weighted by Gasteiger charge is 2.19. The summed E-state index contributed by atoms with van der Waals surface area (Å²) in [7, 11) is 1.74. The van der Waals surface area contributed by atoms with Crippen LogP contribution in [-0.4, -0.2) is 23.0 Å². The van der Waals surface area contributed by atoms with Crippen LogP contribution in [0.15, 0.2) is 21.0 Å². The SMILES string of the molecule is CCc1nc(CNC(=NC)NCc2ncc(C(C)(C)C)o2)cs1.I. The fourth-order valence-electron chi connectivity index (χ4n) is 1.89. The number of aromatic nitrogens is 2. The Morgan fingerprint density at radius 3 is 2.54 bits per heavy atom. The van der Waals surface area contributed by atoms with Crippen molar-refractivity contribution in [2.75, 3.05) is 7.05 Å². The van der Waals surface area contributed by atoms with Crippen LogP contribution >= 0.6 is 35.3 Å². The predicted molar refractivity (Wildman–Crippen MR) is 109 cm³/mol. The van der Waals surface area contributed by atoms with Gasteiger partial charge in [-0.25, -0.2) is 9.97 Å². The molecule has 0 fully saturated rings. The number of aliphatic imine (C=N–C) groups is 1. The summed E-state index contributed by atoms with van der Waals surface area (Å²) in [5.74, 6) is 2.23. The van der Waals surface area contributed by atoms with Gasteiger partial charge < -0.3 is 15.1 Å². The monoisotopic (exact) mass is 463 g/mol. The molecule has 2 aromatic rings. The Labute approximate surface area is 164 Å². The van der Waals surface area contributed by atoms with Crippen molar-refractivity contribution in [1.82, 2.24) is 20.6 Å². The molecule has 2 aromatic heterocycles. The first-order chi connectivity index (χ1) is 10.9. The molecule has 0 aliphatic rings. The molecule has 0 bridgehead atoms. The van der Waals surface area contributed by atoms with Crippen molar-refractivity contribution < 1.29 is 4.42 Å². The molecular weight excluding hydrogens is 437 g/mol. The minimum absolute atomic E-state index is 0. The third kappa shape index (κ3) is 6.04. The predicted octanol–water partition coefficient (Wildman–Crippen LogP) is 3.47. The van der Waals surface area contributed by atoms with Crippen molar-refractivity contribution in [2.24, 2.45) is 4.99 Å². The molecule has 0 atom stereocenters. The largest absolute Gasteiger partial charge is 0.443 e. The van der Waals surface area contributed by atoms with Gasteiger partial charge in [0.25, 0.3) is 0 Å². The summed E-state index contributed by atoms with van der Waals surface area (Å²) < 4.78 is 5.76. The van der Waals surface area contributed by atoms with E-state index in [1.165, 1.54) is 0 Å². The van der Waals surface area contributed by atoms with E-state index in [0.29, 0.717) is 24.9 Å². The van der Waals surface area contributed by atoms with Crippen LogP contribution in [0.1, 0.15) is 50.0 Å². The van der Waals surface area contributed by atoms with Crippen molar-refractivity contribution in [3.8, 4) is 0 Å². The molecular formula is C16H26IN5OS. The molecule has 2 heterocycles. The highest BCUT2D eigenvalue weighted by molar-refractivity contribution is 14.0. The van der Waals surface area contributed by atoms with Gasteiger partial charge >= 0.3 is 0 Å². The smallest absolute Gasteiger partial charge is 0.213 e. The number of guanidine groups is 1. The molecule has 0 saturated heterocycles. The molecule has 134 valence electrons. The van der Waals surface area contributed by atoms with E-state index in [2.05, 4.69) is 58.7 Å². The zero-order valence-corrected chi connectivity index (χ0v) is 18.0. The Balaban J connectivity index is 0.00000288. The van der Waals surface area contributed by atoms with Gasteiger partial charge in [-0.2, -0.15) is 0 Å². The van der Waals surface area contributed by atoms with Gasteiger partial charge in [0, 0.05) is 17.8 Å². The normalized spacial score (nSPS) is 12.0. The maximum atomic E-state index is 5.76. The van der Waals surface area contributed by atoms with Crippen molar-refractivity contribution >= 4 is 41.3 Å². The van der Waals surface area contributed by atoms with E-state index in [1.807, 2.05) is 0 Å². The van der Waals surface area contributed by atoms with Crippen LogP contribution in [0.3, 0.4) is 0 Å². The summed E-state index contributed by atoms with van der Waals surface area (Å²) in [5, 5.41) is 9.67. The second-order valence-electron chi connectivity index (χ2n) is 6.23. The summed E-state index contributed by atoms with van der Waals surface area (Å²) in [4.78, 5) is 13.0. The third-order valence-electron chi connectivity index (χ3n) is 3.26. The summed E-state index contributed by atoms with van der Waals surface area (Å²) in [6.45, 7) is 9.55. The molecule has 0 saturated carbocycles. The number of thiazole rings is 1. The number of nitrogens with zero attached hydrogens (tertiary/aromatic N) is 3. The number of oxazole rings is 1. The first-order valence-corrected chi connectivity index (χ1v) is 8.63. The van der Waals surface area contributed by atoms with Crippen LogP contribution < -0.4 is 10.6 Å². The second-order valence-corrected chi connectivity index (χ2v) is 7.18. The van der Waals surface area contributed by atoms with Crippen LogP contribution in [0.5, 0.6) is 0 Å². The Kier molecular flexibility index (Phi) is 8.14. The molecule has 6 nitrogen and oxygen atoms in total. The minimum atomic E-state index is -0.0349. The van der Waals surface area contributed by atoms with Gasteiger partial charge in [-0.15, -0.1) is 35.3 Å². The van der Waals surface area contributed by atoms with Crippen LogP contribution in [0, 0.1) is 0 Å². The van der Waals surface area contributed by atoms with E-state index >= 15 is 0 Å². The van der Waals surface area contributed by atoms with Crippen molar-refractivity contribution in [1.29, 1.82) is 0 Å². The lowest BCUT2D eigenvalue weighted by molar-refractivity contribution is 0.379. The summed E-state index contributed by atoms with van der Waals surface area (Å²) in [5.41, 5.74) is 0.994. The zero-order valence-electron chi connectivity index (χ0n) is 14.8. The number of rotatable bonds is 5. The average Bonchev–Trinajstić information content (AvgIpc) is 3.15. The molecule has 0 aliphatic carbocycles. The number of aryl methyl sites for hydroxylation is 1. The number of nitrogens with one attached hydrogen (secondary N) is 2. The summed E-state index contributed by atoms with van der Waals surface area (Å²) >= 11 is 1.69. The van der Waals surface area contributed by atoms with E-state index in [1.54, 1.807) is 24.6 Å². The van der Waals surface area contributed by atoms with Gasteiger partial charge in [0.2, 0.25) is 5.89 Å². The molecule has 8 heteroatoms. The maximum Gasteiger partial charge on any atom is 0.213 e. The van der Waals surface area contributed by atoms with Gasteiger partial charge in [0.1, 0.15) is 5.76 Å². The van der Waals surface area contributed by atoms with Crippen molar-refractivity contribution in [3.05, 3.63) is 33.9 Å². The lowest BCUT2D eigenvalue weighted by atomic mass is 9.94. The van der Waals surface area contributed by atoms with E-state index in [4.69, 9.17) is 4.42 Å². The van der Waals surface area contributed by atoms with Crippen LogP contribution in [0.25, 0.3) is 0 Å². The molecule has 0 unspecified atom stereocenters. The Hall–Kier alpha value is -1.16. The zero-order chi connectivity index (χ0) is 16.9. The lowest BCUT2D eigenvalue weighted by Crippen LogP contribution is -2.36. The second kappa shape index (κ2) is 9.36. The van der Waals surface area contributed by atoms with Gasteiger partial charge in [0.05, 0.1) is 30.0 Å². The number of halogens is 1. The van der Waals surface area contributed by atoms with Crippen LogP contribution in [-0.2, 0) is 24.9 Å². The first kappa shape index (κ1) is 20.9. The van der Waals surface area contributed by atoms with Crippen LogP contribution in [0.4, 0.5) is 0 Å². The van der Waals surface area contributed by atoms with Crippen molar-refractivity contribution in [2.45, 2.75) is 52.6 Å². The average molecular weight is 463 g/mol. The third-order valence-corrected chi connectivity index (χ3v) is 4.30. The van der Waals surface area contributed by atoms with Gasteiger partial charge in [0.15, 0.2) is 5.96 Å². The Morgan fingerprint density at radius 2 is 2.00 bits per heavy atom. The Bertz CT molecular complexity index is 659. The fourth-order valence-corrected chi connectivity index (χ4v) is 2.63. The molecule has 0 aromatic carbocycles. The molecule has 2 rings (SSSR count). The van der Waals surface area contributed by atoms with Gasteiger partial charge in [-0.1, -0.05) is 27.7 Å².